The van der Waals surface area contributed by atoms with Crippen molar-refractivity contribution in [2.24, 2.45) is 0 Å². The number of carbonyl (C=O) groups is 5. The predicted molar refractivity (Wildman–Crippen MR) is 167 cm³/mol. The van der Waals surface area contributed by atoms with Crippen LogP contribution < -0.4 is 16.0 Å². The zero-order valence-electron chi connectivity index (χ0n) is 24.1. The molecule has 0 heterocycles. The number of benzene rings is 2. The van der Waals surface area contributed by atoms with Gasteiger partial charge in [0.2, 0.25) is 5.91 Å². The van der Waals surface area contributed by atoms with E-state index in [9.17, 15) is 29.1 Å². The average Bonchev–Trinajstić information content (AvgIpc) is 2.95. The lowest BCUT2D eigenvalue weighted by molar-refractivity contribution is -0.140. The Bertz CT molecular complexity index is 1180. The summed E-state index contributed by atoms with van der Waals surface area (Å²) in [6, 6.07) is 12.8. The van der Waals surface area contributed by atoms with Gasteiger partial charge in [-0.05, 0) is 78.5 Å². The van der Waals surface area contributed by atoms with Crippen molar-refractivity contribution in [3.63, 3.8) is 0 Å². The Morgan fingerprint density at radius 2 is 1.30 bits per heavy atom. The molecule has 0 aliphatic rings. The minimum Gasteiger partial charge on any atom is -0.481 e. The molecule has 12 nitrogen and oxygen atoms in total. The van der Waals surface area contributed by atoms with Gasteiger partial charge in [-0.1, -0.05) is 42.0 Å². The maximum absolute atomic E-state index is 12.6. The van der Waals surface area contributed by atoms with Gasteiger partial charge in [0.15, 0.2) is 0 Å². The van der Waals surface area contributed by atoms with Gasteiger partial charge in [-0.25, -0.2) is 14.4 Å². The predicted octanol–water partition coefficient (Wildman–Crippen LogP) is 3.35. The first-order valence-electron chi connectivity index (χ1n) is 14.0. The van der Waals surface area contributed by atoms with E-state index in [1.807, 2.05) is 6.92 Å². The number of rotatable bonds is 19. The van der Waals surface area contributed by atoms with E-state index in [0.29, 0.717) is 45.4 Å². The van der Waals surface area contributed by atoms with E-state index in [4.69, 9.17) is 10.2 Å². The number of carbonyl (C=O) groups excluding carboxylic acids is 2. The van der Waals surface area contributed by atoms with Crippen molar-refractivity contribution in [3.05, 3.63) is 68.8 Å². The summed E-state index contributed by atoms with van der Waals surface area (Å²) in [7, 11) is 0. The van der Waals surface area contributed by atoms with Crippen molar-refractivity contribution in [3.8, 4) is 0 Å². The van der Waals surface area contributed by atoms with Crippen molar-refractivity contribution in [2.75, 3.05) is 13.1 Å². The summed E-state index contributed by atoms with van der Waals surface area (Å²) in [6.45, 7) is 4.32. The summed E-state index contributed by atoms with van der Waals surface area (Å²) in [4.78, 5) is 60.4. The number of halogens is 1. The number of carboxylic acid groups (broad SMARTS) is 3. The van der Waals surface area contributed by atoms with Crippen LogP contribution in [-0.4, -0.2) is 75.2 Å². The SMILES string of the molecule is Cc1ccc(CN(CCC(=O)NCCCC[C@H](NC(=O)N[C@@H](CCC(=O)O)C(=O)O)C(=O)O)Cc2ccc(I)cc2)cc1. The number of unbranched alkanes of at least 4 members (excludes halogenated alkanes) is 1. The molecule has 3 amide bonds. The number of aliphatic carboxylic acids is 3. The third-order valence-corrected chi connectivity index (χ3v) is 7.32. The minimum absolute atomic E-state index is 0.0613. The van der Waals surface area contributed by atoms with E-state index in [2.05, 4.69) is 92.0 Å². The van der Waals surface area contributed by atoms with Gasteiger partial charge in [-0.2, -0.15) is 0 Å². The fourth-order valence-electron chi connectivity index (χ4n) is 4.20. The minimum atomic E-state index is -1.47. The van der Waals surface area contributed by atoms with Crippen LogP contribution >= 0.6 is 22.6 Å². The van der Waals surface area contributed by atoms with Crippen LogP contribution in [0.2, 0.25) is 0 Å². The van der Waals surface area contributed by atoms with E-state index >= 15 is 0 Å². The van der Waals surface area contributed by atoms with Crippen molar-refractivity contribution in [2.45, 2.75) is 70.6 Å². The molecule has 234 valence electrons. The van der Waals surface area contributed by atoms with Crippen LogP contribution in [0, 0.1) is 10.5 Å². The number of nitrogens with one attached hydrogen (secondary N) is 3. The molecule has 2 rings (SSSR count). The second-order valence-electron chi connectivity index (χ2n) is 10.3. The molecule has 6 N–H and O–H groups in total. The topological polar surface area (TPSA) is 185 Å². The van der Waals surface area contributed by atoms with E-state index in [0.717, 1.165) is 14.7 Å². The number of aryl methyl sites for hydroxylation is 1. The van der Waals surface area contributed by atoms with Crippen LogP contribution in [0.4, 0.5) is 4.79 Å². The van der Waals surface area contributed by atoms with Crippen LogP contribution in [0.15, 0.2) is 48.5 Å². The van der Waals surface area contributed by atoms with Crippen molar-refractivity contribution >= 4 is 52.4 Å². The molecule has 0 spiro atoms. The van der Waals surface area contributed by atoms with Crippen LogP contribution in [0.5, 0.6) is 0 Å². The van der Waals surface area contributed by atoms with Gasteiger partial charge >= 0.3 is 23.9 Å². The van der Waals surface area contributed by atoms with E-state index in [-0.39, 0.29) is 18.7 Å². The highest BCUT2D eigenvalue weighted by molar-refractivity contribution is 14.1. The highest BCUT2D eigenvalue weighted by Crippen LogP contribution is 2.14. The molecule has 2 aromatic carbocycles. The fourth-order valence-corrected chi connectivity index (χ4v) is 4.56. The standard InChI is InChI=1S/C30H39IN4O8/c1-20-5-7-21(8-6-20)18-35(19-22-9-11-23(31)12-10-22)17-15-26(36)32-16-3-2-4-24(28(39)40)33-30(43)34-25(29(41)42)13-14-27(37)38/h5-12,24-25H,2-4,13-19H2,1H3,(H,32,36)(H,37,38)(H,39,40)(H,41,42)(H2,33,34,43)/t24-,25-/m0/s1. The van der Waals surface area contributed by atoms with Gasteiger partial charge in [-0.15, -0.1) is 0 Å². The third-order valence-electron chi connectivity index (χ3n) is 6.60. The van der Waals surface area contributed by atoms with Crippen LogP contribution in [0.25, 0.3) is 0 Å². The highest BCUT2D eigenvalue weighted by atomic mass is 127. The van der Waals surface area contributed by atoms with Gasteiger partial charge in [0.25, 0.3) is 0 Å². The molecule has 43 heavy (non-hydrogen) atoms. The number of hydrogen-bond donors (Lipinski definition) is 6. The first kappa shape index (κ1) is 35.5. The quantitative estimate of drug-likeness (QED) is 0.0940. The molecule has 0 aliphatic carbocycles. The largest absolute Gasteiger partial charge is 0.481 e. The van der Waals surface area contributed by atoms with Gasteiger partial charge in [0.1, 0.15) is 12.1 Å². The van der Waals surface area contributed by atoms with Gasteiger partial charge in [0, 0.05) is 42.6 Å². The first-order valence-corrected chi connectivity index (χ1v) is 15.0. The molecule has 0 aromatic heterocycles. The second kappa shape index (κ2) is 18.7. The number of nitrogens with zero attached hydrogens (tertiary/aromatic N) is 1. The molecular formula is C30H39IN4O8. The third kappa shape index (κ3) is 14.8. The number of urea groups is 1. The molecular weight excluding hydrogens is 671 g/mol. The molecule has 2 aromatic rings. The molecule has 0 unspecified atom stereocenters. The zero-order chi connectivity index (χ0) is 31.8. The average molecular weight is 711 g/mol. The van der Waals surface area contributed by atoms with E-state index in [1.54, 1.807) is 0 Å². The summed E-state index contributed by atoms with van der Waals surface area (Å²) in [5, 5.41) is 34.5. The van der Waals surface area contributed by atoms with Gasteiger partial charge in [-0.3, -0.25) is 14.5 Å². The normalized spacial score (nSPS) is 12.3. The summed E-state index contributed by atoms with van der Waals surface area (Å²) < 4.78 is 1.15. The maximum Gasteiger partial charge on any atom is 0.326 e. The van der Waals surface area contributed by atoms with Crippen molar-refractivity contribution in [1.82, 2.24) is 20.9 Å². The smallest absolute Gasteiger partial charge is 0.326 e. The maximum atomic E-state index is 12.6. The lowest BCUT2D eigenvalue weighted by atomic mass is 10.1. The summed E-state index contributed by atoms with van der Waals surface area (Å²) in [5.41, 5.74) is 3.49. The molecule has 0 radical (unpaired) electrons. The molecule has 0 bridgehead atoms. The number of carboxylic acids is 3. The summed E-state index contributed by atoms with van der Waals surface area (Å²) in [6.07, 6.45) is 0.401. The lowest BCUT2D eigenvalue weighted by Gasteiger charge is -2.22. The Labute approximate surface area is 264 Å². The Balaban J connectivity index is 1.78. The Morgan fingerprint density at radius 3 is 1.84 bits per heavy atom. The Hall–Kier alpha value is -3.72. The van der Waals surface area contributed by atoms with Crippen LogP contribution in [0.3, 0.4) is 0 Å². The highest BCUT2D eigenvalue weighted by Gasteiger charge is 2.24. The van der Waals surface area contributed by atoms with Gasteiger partial charge in [0.05, 0.1) is 0 Å². The first-order chi connectivity index (χ1) is 20.4. The van der Waals surface area contributed by atoms with Crippen LogP contribution in [0.1, 0.15) is 55.2 Å². The zero-order valence-corrected chi connectivity index (χ0v) is 26.2. The Kier molecular flexibility index (Phi) is 15.5. The van der Waals surface area contributed by atoms with Gasteiger partial charge < -0.3 is 31.3 Å². The second-order valence-corrected chi connectivity index (χ2v) is 11.5. The van der Waals surface area contributed by atoms with E-state index < -0.39 is 42.4 Å². The summed E-state index contributed by atoms with van der Waals surface area (Å²) in [5.74, 6) is -4.05. The number of amides is 3. The van der Waals surface area contributed by atoms with Crippen molar-refractivity contribution < 1.29 is 39.3 Å². The van der Waals surface area contributed by atoms with E-state index in [1.165, 1.54) is 5.56 Å². The fraction of sp³-hybridized carbons (Fsp3) is 0.433. The molecule has 0 saturated carbocycles. The Morgan fingerprint density at radius 1 is 0.767 bits per heavy atom. The lowest BCUT2D eigenvalue weighted by Crippen LogP contribution is -2.51. The molecule has 0 fully saturated rings. The number of hydrogen-bond acceptors (Lipinski definition) is 6. The molecule has 13 heteroatoms. The molecule has 0 saturated heterocycles. The summed E-state index contributed by atoms with van der Waals surface area (Å²) >= 11 is 2.26. The molecule has 2 atom stereocenters. The van der Waals surface area contributed by atoms with Crippen molar-refractivity contribution in [1.29, 1.82) is 0 Å². The van der Waals surface area contributed by atoms with Crippen LogP contribution in [-0.2, 0) is 32.3 Å². The molecule has 0 aliphatic heterocycles. The monoisotopic (exact) mass is 710 g/mol.